The van der Waals surface area contributed by atoms with Gasteiger partial charge in [0.15, 0.2) is 0 Å². The highest BCUT2D eigenvalue weighted by Gasteiger charge is 2.40. The van der Waals surface area contributed by atoms with E-state index in [2.05, 4.69) is 24.4 Å². The van der Waals surface area contributed by atoms with Gasteiger partial charge in [-0.25, -0.2) is 0 Å². The molecule has 21 heavy (non-hydrogen) atoms. The monoisotopic (exact) mass is 286 g/mol. The van der Waals surface area contributed by atoms with Crippen LogP contribution in [0.1, 0.15) is 25.3 Å². The fourth-order valence-electron chi connectivity index (χ4n) is 3.93. The molecule has 1 aromatic carbocycles. The summed E-state index contributed by atoms with van der Waals surface area (Å²) in [6.45, 7) is 3.67. The minimum Gasteiger partial charge on any atom is -0.382 e. The number of fused-ring (bicyclic) bond motifs is 3. The zero-order chi connectivity index (χ0) is 14.4. The lowest BCUT2D eigenvalue weighted by molar-refractivity contribution is -0.144. The van der Waals surface area contributed by atoms with Crippen molar-refractivity contribution in [2.45, 2.75) is 44.4 Å². The van der Waals surface area contributed by atoms with Gasteiger partial charge in [-0.2, -0.15) is 0 Å². The van der Waals surface area contributed by atoms with Crippen LogP contribution in [0.5, 0.6) is 0 Å². The number of ether oxygens (including phenoxy) is 1. The SMILES string of the molecule is CC1Nc2ccccc2CC1C(=O)N1CC2CCC(C1)O2. The van der Waals surface area contributed by atoms with Crippen molar-refractivity contribution in [2.75, 3.05) is 18.4 Å². The first kappa shape index (κ1) is 13.1. The van der Waals surface area contributed by atoms with Crippen LogP contribution < -0.4 is 5.32 Å². The molecule has 2 bridgehead atoms. The van der Waals surface area contributed by atoms with Crippen molar-refractivity contribution in [3.8, 4) is 0 Å². The molecule has 0 aliphatic carbocycles. The first-order chi connectivity index (χ1) is 10.2. The van der Waals surface area contributed by atoms with Crippen molar-refractivity contribution in [2.24, 2.45) is 5.92 Å². The van der Waals surface area contributed by atoms with Crippen LogP contribution in [0.4, 0.5) is 5.69 Å². The number of hydrogen-bond acceptors (Lipinski definition) is 3. The van der Waals surface area contributed by atoms with E-state index < -0.39 is 0 Å². The van der Waals surface area contributed by atoms with Gasteiger partial charge in [-0.05, 0) is 37.8 Å². The van der Waals surface area contributed by atoms with E-state index in [1.54, 1.807) is 0 Å². The van der Waals surface area contributed by atoms with Gasteiger partial charge in [-0.1, -0.05) is 18.2 Å². The van der Waals surface area contributed by atoms with E-state index in [0.29, 0.717) is 5.91 Å². The Morgan fingerprint density at radius 2 is 1.95 bits per heavy atom. The fourth-order valence-corrected chi connectivity index (χ4v) is 3.93. The fraction of sp³-hybridized carbons (Fsp3) is 0.588. The molecule has 0 aromatic heterocycles. The Balaban J connectivity index is 1.52. The molecule has 4 rings (SSSR count). The van der Waals surface area contributed by atoms with Gasteiger partial charge in [0.2, 0.25) is 5.91 Å². The molecule has 3 aliphatic rings. The lowest BCUT2D eigenvalue weighted by Gasteiger charge is -2.38. The van der Waals surface area contributed by atoms with Crippen molar-refractivity contribution < 1.29 is 9.53 Å². The number of likely N-dealkylation sites (tertiary alicyclic amines) is 1. The summed E-state index contributed by atoms with van der Waals surface area (Å²) >= 11 is 0. The largest absolute Gasteiger partial charge is 0.382 e. The molecule has 3 heterocycles. The van der Waals surface area contributed by atoms with E-state index in [9.17, 15) is 4.79 Å². The van der Waals surface area contributed by atoms with Gasteiger partial charge in [-0.3, -0.25) is 4.79 Å². The third-order valence-corrected chi connectivity index (χ3v) is 5.12. The number of amides is 1. The van der Waals surface area contributed by atoms with E-state index in [1.807, 2.05) is 17.0 Å². The minimum absolute atomic E-state index is 0.0393. The van der Waals surface area contributed by atoms with E-state index in [0.717, 1.165) is 32.4 Å². The van der Waals surface area contributed by atoms with Crippen LogP contribution >= 0.6 is 0 Å². The summed E-state index contributed by atoms with van der Waals surface area (Å²) < 4.78 is 5.84. The Labute approximate surface area is 125 Å². The maximum absolute atomic E-state index is 12.9. The number of rotatable bonds is 1. The number of benzene rings is 1. The number of nitrogens with one attached hydrogen (secondary N) is 1. The molecule has 4 nitrogen and oxygen atoms in total. The summed E-state index contributed by atoms with van der Waals surface area (Å²) in [5.41, 5.74) is 2.43. The lowest BCUT2D eigenvalue weighted by atomic mass is 9.87. The van der Waals surface area contributed by atoms with Gasteiger partial charge in [-0.15, -0.1) is 0 Å². The average molecular weight is 286 g/mol. The molecule has 0 radical (unpaired) electrons. The summed E-state index contributed by atoms with van der Waals surface area (Å²) in [6, 6.07) is 8.50. The number of hydrogen-bond donors (Lipinski definition) is 1. The molecule has 2 fully saturated rings. The molecular weight excluding hydrogens is 264 g/mol. The van der Waals surface area contributed by atoms with Crippen molar-refractivity contribution in [1.82, 2.24) is 4.90 Å². The minimum atomic E-state index is 0.0393. The van der Waals surface area contributed by atoms with Crippen LogP contribution in [-0.2, 0) is 16.0 Å². The zero-order valence-corrected chi connectivity index (χ0v) is 12.4. The second-order valence-electron chi connectivity index (χ2n) is 6.60. The van der Waals surface area contributed by atoms with Crippen LogP contribution in [0.3, 0.4) is 0 Å². The Hall–Kier alpha value is -1.55. The molecule has 4 unspecified atom stereocenters. The first-order valence-electron chi connectivity index (χ1n) is 7.99. The molecular formula is C17H22N2O2. The van der Waals surface area contributed by atoms with E-state index in [4.69, 9.17) is 4.74 Å². The Morgan fingerprint density at radius 1 is 1.24 bits per heavy atom. The van der Waals surface area contributed by atoms with Gasteiger partial charge < -0.3 is 15.0 Å². The van der Waals surface area contributed by atoms with Crippen LogP contribution in [0.15, 0.2) is 24.3 Å². The van der Waals surface area contributed by atoms with Gasteiger partial charge in [0.1, 0.15) is 0 Å². The Bertz CT molecular complexity index is 547. The summed E-state index contributed by atoms with van der Waals surface area (Å²) in [5.74, 6) is 0.335. The van der Waals surface area contributed by atoms with Gasteiger partial charge >= 0.3 is 0 Å². The van der Waals surface area contributed by atoms with Crippen molar-refractivity contribution in [3.63, 3.8) is 0 Å². The molecule has 1 aromatic rings. The van der Waals surface area contributed by atoms with Crippen molar-refractivity contribution in [1.29, 1.82) is 0 Å². The molecule has 1 amide bonds. The summed E-state index contributed by atoms with van der Waals surface area (Å²) in [7, 11) is 0. The number of carbonyl (C=O) groups excluding carboxylic acids is 1. The standard InChI is InChI=1S/C17H22N2O2/c1-11-15(8-12-4-2-3-5-16(12)18-11)17(20)19-9-13-6-7-14(10-19)21-13/h2-5,11,13-15,18H,6-10H2,1H3. The smallest absolute Gasteiger partial charge is 0.228 e. The highest BCUT2D eigenvalue weighted by atomic mass is 16.5. The first-order valence-corrected chi connectivity index (χ1v) is 7.99. The van der Waals surface area contributed by atoms with E-state index in [1.165, 1.54) is 11.3 Å². The zero-order valence-electron chi connectivity index (χ0n) is 12.4. The lowest BCUT2D eigenvalue weighted by Crippen LogP contribution is -2.51. The molecule has 4 atom stereocenters. The van der Waals surface area contributed by atoms with Crippen LogP contribution in [0.2, 0.25) is 0 Å². The molecule has 3 aliphatic heterocycles. The van der Waals surface area contributed by atoms with Crippen LogP contribution in [0.25, 0.3) is 0 Å². The number of morpholine rings is 1. The van der Waals surface area contributed by atoms with Crippen molar-refractivity contribution >= 4 is 11.6 Å². The molecule has 112 valence electrons. The van der Waals surface area contributed by atoms with E-state index in [-0.39, 0.29) is 24.2 Å². The highest BCUT2D eigenvalue weighted by Crippen LogP contribution is 2.32. The van der Waals surface area contributed by atoms with Gasteiger partial charge in [0.25, 0.3) is 0 Å². The Morgan fingerprint density at radius 3 is 2.71 bits per heavy atom. The maximum Gasteiger partial charge on any atom is 0.228 e. The third-order valence-electron chi connectivity index (χ3n) is 5.12. The number of nitrogens with zero attached hydrogens (tertiary/aromatic N) is 1. The topological polar surface area (TPSA) is 41.6 Å². The second kappa shape index (κ2) is 5.02. The average Bonchev–Trinajstić information content (AvgIpc) is 2.84. The summed E-state index contributed by atoms with van der Waals surface area (Å²) in [6.07, 6.45) is 3.60. The second-order valence-corrected chi connectivity index (χ2v) is 6.60. The number of anilines is 1. The predicted octanol–water partition coefficient (Wildman–Crippen LogP) is 2.05. The Kier molecular flexibility index (Phi) is 3.14. The summed E-state index contributed by atoms with van der Waals surface area (Å²) in [4.78, 5) is 15.0. The number of para-hydroxylation sites is 1. The predicted molar refractivity (Wildman–Crippen MR) is 81.2 cm³/mol. The van der Waals surface area contributed by atoms with Gasteiger partial charge in [0, 0.05) is 24.8 Å². The quantitative estimate of drug-likeness (QED) is 0.859. The van der Waals surface area contributed by atoms with Crippen LogP contribution in [-0.4, -0.2) is 42.1 Å². The maximum atomic E-state index is 12.9. The molecule has 0 spiro atoms. The highest BCUT2D eigenvalue weighted by molar-refractivity contribution is 5.82. The molecule has 4 heteroatoms. The van der Waals surface area contributed by atoms with E-state index >= 15 is 0 Å². The van der Waals surface area contributed by atoms with Gasteiger partial charge in [0.05, 0.1) is 18.1 Å². The molecule has 0 saturated carbocycles. The summed E-state index contributed by atoms with van der Waals surface area (Å²) in [5, 5.41) is 3.49. The third kappa shape index (κ3) is 2.31. The molecule has 1 N–H and O–H groups in total. The number of carbonyl (C=O) groups is 1. The molecule has 2 saturated heterocycles. The van der Waals surface area contributed by atoms with Crippen molar-refractivity contribution in [3.05, 3.63) is 29.8 Å². The van der Waals surface area contributed by atoms with Crippen LogP contribution in [0, 0.1) is 5.92 Å². The normalized spacial score (nSPS) is 34.2.